The molecule has 1 fully saturated rings. The van der Waals surface area contributed by atoms with Crippen molar-refractivity contribution in [1.29, 1.82) is 0 Å². The number of nitrogens with zero attached hydrogens (tertiary/aromatic N) is 1. The van der Waals surface area contributed by atoms with Crippen molar-refractivity contribution >= 4 is 5.91 Å². The summed E-state index contributed by atoms with van der Waals surface area (Å²) in [5, 5.41) is 0. The molecule has 0 saturated carbocycles. The first-order valence-electron chi connectivity index (χ1n) is 6.13. The first kappa shape index (κ1) is 19.5. The van der Waals surface area contributed by atoms with Gasteiger partial charge < -0.3 is 23.5 Å². The minimum Gasteiger partial charge on any atom is -0.367 e. The van der Waals surface area contributed by atoms with Crippen LogP contribution in [0.25, 0.3) is 0 Å². The van der Waals surface area contributed by atoms with E-state index in [0.717, 1.165) is 25.8 Å². The van der Waals surface area contributed by atoms with Crippen molar-refractivity contribution in [3.8, 4) is 0 Å². The molecule has 0 spiro atoms. The van der Waals surface area contributed by atoms with Crippen LogP contribution in [0.2, 0.25) is 0 Å². The molecule has 1 heterocycles. The molecule has 0 aromatic heterocycles. The van der Waals surface area contributed by atoms with E-state index in [1.165, 1.54) is 5.57 Å². The number of amides is 1. The molecule has 1 aliphatic rings. The van der Waals surface area contributed by atoms with Crippen LogP contribution in [0, 0.1) is 19.8 Å². The van der Waals surface area contributed by atoms with E-state index in [4.69, 9.17) is 0 Å². The van der Waals surface area contributed by atoms with E-state index in [1.54, 1.807) is 0 Å². The summed E-state index contributed by atoms with van der Waals surface area (Å²) in [5.74, 6) is 0.483. The van der Waals surface area contributed by atoms with Gasteiger partial charge in [0.1, 0.15) is 0 Å². The third kappa shape index (κ3) is 6.06. The normalized spacial score (nSPS) is 22.9. The van der Waals surface area contributed by atoms with Crippen LogP contribution < -0.4 is 0 Å². The third-order valence-electron chi connectivity index (χ3n) is 3.07. The SMILES string of the molecule is C=C(C)C1CCN(C([CH2-])=O)C(C[CH2-])C1.CC.[Y]. The average Bonchev–Trinajstić information content (AvgIpc) is 2.30. The number of carbonyl (C=O) groups excluding carboxylic acids is 1. The number of hydrogen-bond donors (Lipinski definition) is 0. The molecule has 0 aliphatic carbocycles. The average molecular weight is 312 g/mol. The van der Waals surface area contributed by atoms with Gasteiger partial charge in [-0.3, -0.25) is 0 Å². The number of piperidine rings is 1. The van der Waals surface area contributed by atoms with Crippen LogP contribution >= 0.6 is 0 Å². The molecule has 1 rings (SSSR count). The topological polar surface area (TPSA) is 20.3 Å². The second-order valence-electron chi connectivity index (χ2n) is 4.10. The molecule has 1 saturated heterocycles. The molecule has 2 nitrogen and oxygen atoms in total. The fraction of sp³-hybridized carbons (Fsp3) is 0.643. The van der Waals surface area contributed by atoms with E-state index >= 15 is 0 Å². The van der Waals surface area contributed by atoms with Crippen molar-refractivity contribution in [2.24, 2.45) is 5.92 Å². The maximum atomic E-state index is 11.2. The fourth-order valence-corrected chi connectivity index (χ4v) is 2.10. The zero-order chi connectivity index (χ0) is 12.7. The van der Waals surface area contributed by atoms with E-state index in [9.17, 15) is 4.79 Å². The molecule has 2 unspecified atom stereocenters. The molecule has 97 valence electrons. The van der Waals surface area contributed by atoms with Crippen molar-refractivity contribution in [2.75, 3.05) is 6.54 Å². The minimum absolute atomic E-state index is 0. The largest absolute Gasteiger partial charge is 0.367 e. The molecule has 1 radical (unpaired) electrons. The molecule has 0 aromatic carbocycles. The van der Waals surface area contributed by atoms with Gasteiger partial charge in [0.15, 0.2) is 0 Å². The second-order valence-corrected chi connectivity index (χ2v) is 4.10. The van der Waals surface area contributed by atoms with Crippen LogP contribution in [0.1, 0.15) is 40.0 Å². The molecule has 1 aliphatic heterocycles. The Morgan fingerprint density at radius 2 is 2.00 bits per heavy atom. The van der Waals surface area contributed by atoms with E-state index in [2.05, 4.69) is 27.4 Å². The van der Waals surface area contributed by atoms with Gasteiger partial charge in [-0.25, -0.2) is 0 Å². The molecule has 0 N–H and O–H groups in total. The van der Waals surface area contributed by atoms with Crippen LogP contribution in [-0.4, -0.2) is 23.4 Å². The van der Waals surface area contributed by atoms with E-state index in [1.807, 2.05) is 18.7 Å². The molecule has 0 aromatic rings. The van der Waals surface area contributed by atoms with Gasteiger partial charge in [0.05, 0.1) is 5.91 Å². The van der Waals surface area contributed by atoms with E-state index in [0.29, 0.717) is 5.92 Å². The molecular formula is C14H25NOY-2. The smallest absolute Gasteiger partial charge is 0.0824 e. The van der Waals surface area contributed by atoms with E-state index < -0.39 is 0 Å². The maximum absolute atomic E-state index is 11.2. The van der Waals surface area contributed by atoms with Gasteiger partial charge >= 0.3 is 0 Å². The molecule has 17 heavy (non-hydrogen) atoms. The molecule has 1 amide bonds. The van der Waals surface area contributed by atoms with Crippen LogP contribution in [0.5, 0.6) is 0 Å². The quantitative estimate of drug-likeness (QED) is 0.566. The monoisotopic (exact) mass is 312 g/mol. The summed E-state index contributed by atoms with van der Waals surface area (Å²) in [6.07, 6.45) is 2.79. The summed E-state index contributed by atoms with van der Waals surface area (Å²) < 4.78 is 0. The predicted molar refractivity (Wildman–Crippen MR) is 69.7 cm³/mol. The summed E-state index contributed by atoms with van der Waals surface area (Å²) in [4.78, 5) is 13.0. The van der Waals surface area contributed by atoms with Crippen molar-refractivity contribution in [3.05, 3.63) is 26.0 Å². The van der Waals surface area contributed by atoms with Gasteiger partial charge in [-0.2, -0.15) is 6.42 Å². The number of likely N-dealkylation sites (tertiary alicyclic amines) is 1. The van der Waals surface area contributed by atoms with Crippen LogP contribution in [-0.2, 0) is 37.5 Å². The Morgan fingerprint density at radius 1 is 1.47 bits per heavy atom. The van der Waals surface area contributed by atoms with Gasteiger partial charge in [-0.05, 0) is 25.7 Å². The van der Waals surface area contributed by atoms with Gasteiger partial charge in [-0.1, -0.05) is 26.0 Å². The second kappa shape index (κ2) is 10.1. The standard InChI is InChI=1S/C12H19NO.C2H6.Y/c1-5-12-8-11(9(2)3)6-7-13(12)10(4)14;1-2;/h11-12H,1-2,4-8H2,3H3;1-2H3;/q-2;;. The summed E-state index contributed by atoms with van der Waals surface area (Å²) >= 11 is 0. The van der Waals surface area contributed by atoms with Crippen LogP contribution in [0.15, 0.2) is 12.2 Å². The summed E-state index contributed by atoms with van der Waals surface area (Å²) in [5.41, 5.74) is 1.22. The van der Waals surface area contributed by atoms with E-state index in [-0.39, 0.29) is 44.7 Å². The molecule has 3 heteroatoms. The Kier molecular flexibility index (Phi) is 11.6. The number of carbonyl (C=O) groups is 1. The molecule has 0 bridgehead atoms. The number of hydrogen-bond acceptors (Lipinski definition) is 1. The van der Waals surface area contributed by atoms with Crippen molar-refractivity contribution < 1.29 is 37.5 Å². The Balaban J connectivity index is 0. The van der Waals surface area contributed by atoms with Crippen molar-refractivity contribution in [1.82, 2.24) is 4.90 Å². The predicted octanol–water partition coefficient (Wildman–Crippen LogP) is 3.25. The van der Waals surface area contributed by atoms with Crippen molar-refractivity contribution in [2.45, 2.75) is 46.1 Å². The summed E-state index contributed by atoms with van der Waals surface area (Å²) in [7, 11) is 0. The summed E-state index contributed by atoms with van der Waals surface area (Å²) in [6, 6.07) is 0.260. The summed E-state index contributed by atoms with van der Waals surface area (Å²) in [6.45, 7) is 18.2. The fourth-order valence-electron chi connectivity index (χ4n) is 2.10. The zero-order valence-corrected chi connectivity index (χ0v) is 14.4. The first-order valence-corrected chi connectivity index (χ1v) is 6.13. The Bertz CT molecular complexity index is 240. The Morgan fingerprint density at radius 3 is 2.35 bits per heavy atom. The van der Waals surface area contributed by atoms with Gasteiger partial charge in [0, 0.05) is 45.3 Å². The van der Waals surface area contributed by atoms with Gasteiger partial charge in [-0.15, -0.1) is 0 Å². The Hall–Kier alpha value is 0.184. The number of rotatable bonds is 2. The minimum atomic E-state index is -0.0705. The first-order chi connectivity index (χ1) is 7.56. The number of allylic oxidation sites excluding steroid dienone is 1. The van der Waals surface area contributed by atoms with Gasteiger partial charge in [0.25, 0.3) is 0 Å². The van der Waals surface area contributed by atoms with Gasteiger partial charge in [0.2, 0.25) is 0 Å². The van der Waals surface area contributed by atoms with Crippen LogP contribution in [0.4, 0.5) is 0 Å². The zero-order valence-electron chi connectivity index (χ0n) is 11.5. The van der Waals surface area contributed by atoms with Crippen molar-refractivity contribution in [3.63, 3.8) is 0 Å². The third-order valence-corrected chi connectivity index (χ3v) is 3.07. The molecule has 2 atom stereocenters. The molecular weight excluding hydrogens is 287 g/mol. The maximum Gasteiger partial charge on any atom is 0.0824 e. The van der Waals surface area contributed by atoms with Crippen LogP contribution in [0.3, 0.4) is 0 Å². The Labute approximate surface area is 132 Å².